The lowest BCUT2D eigenvalue weighted by Gasteiger charge is -2.15. The minimum Gasteiger partial charge on any atom is -0.491 e. The van der Waals surface area contributed by atoms with E-state index in [1.165, 1.54) is 18.2 Å². The van der Waals surface area contributed by atoms with Crippen molar-refractivity contribution in [2.24, 2.45) is 0 Å². The largest absolute Gasteiger partial charge is 0.491 e. The van der Waals surface area contributed by atoms with Gasteiger partial charge in [-0.1, -0.05) is 0 Å². The molecule has 0 fully saturated rings. The molecule has 140 valence electrons. The standard InChI is InChI=1S/C20H19NO6/c1-12(2)26-18-7-4-15(21(23)24)9-14(18)11-25-16-5-6-17-13(3)8-20(22)27-19(17)10-16/h4-10,12H,11H2,1-3H3. The fourth-order valence-corrected chi connectivity index (χ4v) is 2.72. The number of hydrogen-bond donors (Lipinski definition) is 0. The minimum atomic E-state index is -0.462. The average molecular weight is 369 g/mol. The van der Waals surface area contributed by atoms with Crippen molar-refractivity contribution in [1.29, 1.82) is 0 Å². The van der Waals surface area contributed by atoms with Crippen LogP contribution in [0.5, 0.6) is 11.5 Å². The molecule has 0 aliphatic carbocycles. The van der Waals surface area contributed by atoms with Crippen molar-refractivity contribution in [2.45, 2.75) is 33.5 Å². The molecule has 7 nitrogen and oxygen atoms in total. The quantitative estimate of drug-likeness (QED) is 0.364. The third kappa shape index (κ3) is 4.25. The molecule has 0 N–H and O–H groups in total. The number of hydrogen-bond acceptors (Lipinski definition) is 6. The molecule has 1 heterocycles. The van der Waals surface area contributed by atoms with Crippen molar-refractivity contribution in [1.82, 2.24) is 0 Å². The molecule has 3 rings (SSSR count). The van der Waals surface area contributed by atoms with Crippen LogP contribution in [-0.2, 0) is 6.61 Å². The molecule has 0 saturated carbocycles. The summed E-state index contributed by atoms with van der Waals surface area (Å²) in [5.41, 5.74) is 1.34. The van der Waals surface area contributed by atoms with Crippen molar-refractivity contribution < 1.29 is 18.8 Å². The lowest BCUT2D eigenvalue weighted by Crippen LogP contribution is -2.09. The Morgan fingerprint density at radius 2 is 1.93 bits per heavy atom. The number of nitro groups is 1. The van der Waals surface area contributed by atoms with E-state index in [9.17, 15) is 14.9 Å². The molecule has 0 saturated heterocycles. The maximum Gasteiger partial charge on any atom is 0.336 e. The van der Waals surface area contributed by atoms with Gasteiger partial charge in [0.2, 0.25) is 0 Å². The normalized spacial score (nSPS) is 11.0. The number of non-ortho nitro benzene ring substituents is 1. The molecule has 0 atom stereocenters. The summed E-state index contributed by atoms with van der Waals surface area (Å²) in [7, 11) is 0. The third-order valence-electron chi connectivity index (χ3n) is 3.93. The first-order valence-corrected chi connectivity index (χ1v) is 8.45. The Kier molecular flexibility index (Phi) is 5.12. The van der Waals surface area contributed by atoms with Gasteiger partial charge in [0.05, 0.1) is 11.0 Å². The van der Waals surface area contributed by atoms with Gasteiger partial charge in [-0.05, 0) is 44.5 Å². The van der Waals surface area contributed by atoms with Crippen LogP contribution >= 0.6 is 0 Å². The van der Waals surface area contributed by atoms with Crippen LogP contribution in [-0.4, -0.2) is 11.0 Å². The molecule has 0 radical (unpaired) electrons. The summed E-state index contributed by atoms with van der Waals surface area (Å²) in [6.45, 7) is 5.66. The molecule has 1 aromatic heterocycles. The van der Waals surface area contributed by atoms with Gasteiger partial charge in [-0.25, -0.2) is 4.79 Å². The summed E-state index contributed by atoms with van der Waals surface area (Å²) in [5.74, 6) is 1.01. The summed E-state index contributed by atoms with van der Waals surface area (Å²) >= 11 is 0. The van der Waals surface area contributed by atoms with Crippen molar-refractivity contribution in [2.75, 3.05) is 0 Å². The molecule has 0 spiro atoms. The number of nitrogens with zero attached hydrogens (tertiary/aromatic N) is 1. The minimum absolute atomic E-state index is 0.0372. The van der Waals surface area contributed by atoms with Gasteiger partial charge in [-0.15, -0.1) is 0 Å². The van der Waals surface area contributed by atoms with Gasteiger partial charge in [0.15, 0.2) is 0 Å². The first-order valence-electron chi connectivity index (χ1n) is 8.45. The van der Waals surface area contributed by atoms with E-state index < -0.39 is 10.5 Å². The first-order chi connectivity index (χ1) is 12.8. The first kappa shape index (κ1) is 18.4. The van der Waals surface area contributed by atoms with Crippen LogP contribution in [0.4, 0.5) is 5.69 Å². The van der Waals surface area contributed by atoms with Crippen LogP contribution in [0.2, 0.25) is 0 Å². The third-order valence-corrected chi connectivity index (χ3v) is 3.93. The Morgan fingerprint density at radius 1 is 1.15 bits per heavy atom. The van der Waals surface area contributed by atoms with Crippen molar-refractivity contribution in [3.05, 3.63) is 74.1 Å². The maximum atomic E-state index is 11.6. The Balaban J connectivity index is 1.89. The van der Waals surface area contributed by atoms with E-state index in [-0.39, 0.29) is 18.4 Å². The summed E-state index contributed by atoms with van der Waals surface area (Å²) < 4.78 is 16.7. The summed E-state index contributed by atoms with van der Waals surface area (Å²) in [4.78, 5) is 22.1. The van der Waals surface area contributed by atoms with E-state index in [1.54, 1.807) is 18.2 Å². The predicted molar refractivity (Wildman–Crippen MR) is 100 cm³/mol. The highest BCUT2D eigenvalue weighted by atomic mass is 16.6. The SMILES string of the molecule is Cc1cc(=O)oc2cc(OCc3cc([N+](=O)[O-])ccc3OC(C)C)ccc12. The molecule has 3 aromatic rings. The Morgan fingerprint density at radius 3 is 2.63 bits per heavy atom. The van der Waals surface area contributed by atoms with E-state index in [0.29, 0.717) is 22.6 Å². The van der Waals surface area contributed by atoms with Crippen molar-refractivity contribution in [3.63, 3.8) is 0 Å². The molecule has 27 heavy (non-hydrogen) atoms. The second-order valence-electron chi connectivity index (χ2n) is 6.41. The topological polar surface area (TPSA) is 91.8 Å². The fourth-order valence-electron chi connectivity index (χ4n) is 2.72. The highest BCUT2D eigenvalue weighted by Gasteiger charge is 2.14. The summed E-state index contributed by atoms with van der Waals surface area (Å²) in [6, 6.07) is 11.0. The lowest BCUT2D eigenvalue weighted by atomic mass is 10.1. The zero-order chi connectivity index (χ0) is 19.6. The lowest BCUT2D eigenvalue weighted by molar-refractivity contribution is -0.385. The number of ether oxygens (including phenoxy) is 2. The van der Waals surface area contributed by atoms with E-state index in [1.807, 2.05) is 26.8 Å². The Bertz CT molecular complexity index is 1050. The number of rotatable bonds is 6. The van der Waals surface area contributed by atoms with Gasteiger partial charge in [-0.3, -0.25) is 10.1 Å². The van der Waals surface area contributed by atoms with Crippen molar-refractivity contribution in [3.8, 4) is 11.5 Å². The van der Waals surface area contributed by atoms with Gasteiger partial charge in [0.25, 0.3) is 5.69 Å². The molecule has 0 unspecified atom stereocenters. The fraction of sp³-hybridized carbons (Fsp3) is 0.250. The Hall–Kier alpha value is -3.35. The molecule has 7 heteroatoms. The van der Waals surface area contributed by atoms with Gasteiger partial charge < -0.3 is 13.9 Å². The molecule has 0 aliphatic rings. The maximum absolute atomic E-state index is 11.6. The smallest absolute Gasteiger partial charge is 0.336 e. The Labute approximate surface area is 155 Å². The predicted octanol–water partition coefficient (Wildman–Crippen LogP) is 4.38. The molecular formula is C20H19NO6. The molecule has 0 bridgehead atoms. The molecule has 0 aliphatic heterocycles. The van der Waals surface area contributed by atoms with Gasteiger partial charge >= 0.3 is 5.63 Å². The van der Waals surface area contributed by atoms with Gasteiger partial charge in [0.1, 0.15) is 23.7 Å². The second-order valence-corrected chi connectivity index (χ2v) is 6.41. The zero-order valence-corrected chi connectivity index (χ0v) is 15.2. The highest BCUT2D eigenvalue weighted by Crippen LogP contribution is 2.28. The monoisotopic (exact) mass is 369 g/mol. The number of benzene rings is 2. The number of nitro benzene ring substituents is 1. The summed E-state index contributed by atoms with van der Waals surface area (Å²) in [5, 5.41) is 11.9. The van der Waals surface area contributed by atoms with E-state index >= 15 is 0 Å². The zero-order valence-electron chi connectivity index (χ0n) is 15.2. The van der Waals surface area contributed by atoms with Crippen LogP contribution in [0, 0.1) is 17.0 Å². The van der Waals surface area contributed by atoms with Crippen LogP contribution in [0.3, 0.4) is 0 Å². The van der Waals surface area contributed by atoms with Crippen LogP contribution in [0.15, 0.2) is 51.7 Å². The van der Waals surface area contributed by atoms with Gasteiger partial charge in [-0.2, -0.15) is 0 Å². The highest BCUT2D eigenvalue weighted by molar-refractivity contribution is 5.81. The number of aryl methyl sites for hydroxylation is 1. The van der Waals surface area contributed by atoms with Crippen LogP contribution < -0.4 is 15.1 Å². The van der Waals surface area contributed by atoms with Gasteiger partial charge in [0, 0.05) is 35.2 Å². The van der Waals surface area contributed by atoms with E-state index in [2.05, 4.69) is 0 Å². The molecular weight excluding hydrogens is 350 g/mol. The number of fused-ring (bicyclic) bond motifs is 1. The van der Waals surface area contributed by atoms with Crippen LogP contribution in [0.1, 0.15) is 25.0 Å². The van der Waals surface area contributed by atoms with E-state index in [0.717, 1.165) is 10.9 Å². The second kappa shape index (κ2) is 7.49. The van der Waals surface area contributed by atoms with E-state index in [4.69, 9.17) is 13.9 Å². The summed E-state index contributed by atoms with van der Waals surface area (Å²) in [6.07, 6.45) is -0.0804. The molecule has 0 amide bonds. The average Bonchev–Trinajstić information content (AvgIpc) is 2.59. The van der Waals surface area contributed by atoms with Crippen LogP contribution in [0.25, 0.3) is 11.0 Å². The molecule has 2 aromatic carbocycles. The van der Waals surface area contributed by atoms with Crippen molar-refractivity contribution >= 4 is 16.7 Å².